The lowest BCUT2D eigenvalue weighted by molar-refractivity contribution is -0.384. The van der Waals surface area contributed by atoms with E-state index in [4.69, 9.17) is 21.1 Å². The van der Waals surface area contributed by atoms with Gasteiger partial charge in [0, 0.05) is 88.2 Å². The molecule has 3 aromatic carbocycles. The predicted octanol–water partition coefficient (Wildman–Crippen LogP) is 7.70. The zero-order valence-corrected chi connectivity index (χ0v) is 36.7. The number of nitrogens with zero attached hydrogens (tertiary/aromatic N) is 6. The maximum Gasteiger partial charge on any atom is 0.293 e. The Bertz CT molecular complexity index is 2430. The van der Waals surface area contributed by atoms with E-state index in [1.807, 2.05) is 29.2 Å². The van der Waals surface area contributed by atoms with Gasteiger partial charge in [-0.1, -0.05) is 43.2 Å². The van der Waals surface area contributed by atoms with E-state index in [1.54, 1.807) is 12.3 Å². The van der Waals surface area contributed by atoms with Gasteiger partial charge in [-0.25, -0.2) is 23.1 Å². The Morgan fingerprint density at radius 1 is 0.968 bits per heavy atom. The molecule has 4 aromatic rings. The molecule has 0 atom stereocenters. The van der Waals surface area contributed by atoms with Crippen molar-refractivity contribution in [2.45, 2.75) is 57.3 Å². The fourth-order valence-electron chi connectivity index (χ4n) is 8.79. The molecule has 2 saturated heterocycles. The molecule has 0 unspecified atom stereocenters. The van der Waals surface area contributed by atoms with E-state index in [0.29, 0.717) is 56.7 Å². The summed E-state index contributed by atoms with van der Waals surface area (Å²) < 4.78 is 41.1. The van der Waals surface area contributed by atoms with Gasteiger partial charge in [-0.15, -0.1) is 0 Å². The Kier molecular flexibility index (Phi) is 13.0. The lowest BCUT2D eigenvalue weighted by Gasteiger charge is -2.39. The fourth-order valence-corrected chi connectivity index (χ4v) is 9.90. The maximum atomic E-state index is 14.2. The maximum absolute atomic E-state index is 14.2. The summed E-state index contributed by atoms with van der Waals surface area (Å²) >= 11 is 6.25. The molecule has 3 aliphatic heterocycles. The number of carbonyl (C=O) groups excluding carboxylic acids is 1. The van der Waals surface area contributed by atoms with Gasteiger partial charge in [0.05, 0.1) is 27.7 Å². The summed E-state index contributed by atoms with van der Waals surface area (Å²) in [6.07, 6.45) is 8.52. The minimum Gasteiger partial charge on any atom is -0.475 e. The minimum atomic E-state index is -4.56. The van der Waals surface area contributed by atoms with Crippen LogP contribution in [-0.4, -0.2) is 99.8 Å². The molecule has 8 rings (SSSR count). The Balaban J connectivity index is 1.03. The van der Waals surface area contributed by atoms with Crippen molar-refractivity contribution in [2.75, 3.05) is 80.8 Å². The Labute approximate surface area is 367 Å². The number of halogens is 1. The normalized spacial score (nSPS) is 18.7. The topological polar surface area (TPSA) is 172 Å². The van der Waals surface area contributed by atoms with Gasteiger partial charge < -0.3 is 24.6 Å². The molecule has 62 heavy (non-hydrogen) atoms. The Morgan fingerprint density at radius 3 is 2.48 bits per heavy atom. The third-order valence-corrected chi connectivity index (χ3v) is 13.9. The third-order valence-electron chi connectivity index (χ3n) is 12.3. The molecule has 0 bridgehead atoms. The molecule has 4 aliphatic rings. The van der Waals surface area contributed by atoms with Crippen molar-refractivity contribution in [1.82, 2.24) is 19.6 Å². The van der Waals surface area contributed by atoms with Crippen molar-refractivity contribution in [2.24, 2.45) is 11.3 Å². The van der Waals surface area contributed by atoms with Crippen LogP contribution in [0.1, 0.15) is 68.3 Å². The first kappa shape index (κ1) is 43.4. The summed E-state index contributed by atoms with van der Waals surface area (Å²) in [4.78, 5) is 40.9. The van der Waals surface area contributed by atoms with Gasteiger partial charge >= 0.3 is 0 Å². The van der Waals surface area contributed by atoms with Gasteiger partial charge in [0.15, 0.2) is 5.82 Å². The molecule has 15 nitrogen and oxygen atoms in total. The van der Waals surface area contributed by atoms with Crippen LogP contribution in [0, 0.1) is 21.4 Å². The number of anilines is 4. The predicted molar refractivity (Wildman–Crippen MR) is 240 cm³/mol. The number of ether oxygens (including phenoxy) is 2. The molecule has 1 amide bonds. The molecule has 2 fully saturated rings. The lowest BCUT2D eigenvalue weighted by atomic mass is 9.72. The van der Waals surface area contributed by atoms with E-state index < -0.39 is 31.4 Å². The zero-order valence-electron chi connectivity index (χ0n) is 35.1. The molecule has 328 valence electrons. The van der Waals surface area contributed by atoms with Crippen molar-refractivity contribution in [1.29, 1.82) is 0 Å². The summed E-state index contributed by atoms with van der Waals surface area (Å²) in [5.74, 6) is 0.0941. The number of allylic oxidation sites excluding steroid dienone is 1. The first-order chi connectivity index (χ1) is 29.8. The highest BCUT2D eigenvalue weighted by atomic mass is 35.5. The highest BCUT2D eigenvalue weighted by Crippen LogP contribution is 2.44. The number of nitrogens with one attached hydrogen (secondary N) is 2. The highest BCUT2D eigenvalue weighted by molar-refractivity contribution is 7.90. The van der Waals surface area contributed by atoms with E-state index in [2.05, 4.69) is 55.8 Å². The number of nitro benzene ring substituents is 1. The van der Waals surface area contributed by atoms with Crippen LogP contribution >= 0.6 is 11.6 Å². The second kappa shape index (κ2) is 18.6. The van der Waals surface area contributed by atoms with Crippen molar-refractivity contribution in [3.05, 3.63) is 105 Å². The number of sulfonamides is 1. The Hall–Kier alpha value is -5.29. The smallest absolute Gasteiger partial charge is 0.293 e. The largest absolute Gasteiger partial charge is 0.475 e. The van der Waals surface area contributed by atoms with Crippen molar-refractivity contribution < 1.29 is 27.6 Å². The summed E-state index contributed by atoms with van der Waals surface area (Å²) in [5.41, 5.74) is 5.54. The van der Waals surface area contributed by atoms with Crippen LogP contribution in [0.25, 0.3) is 5.57 Å². The molecule has 1 aromatic heterocycles. The molecule has 0 spiro atoms. The first-order valence-corrected chi connectivity index (χ1v) is 23.2. The van der Waals surface area contributed by atoms with Crippen molar-refractivity contribution in [3.8, 4) is 5.88 Å². The molecule has 4 heterocycles. The van der Waals surface area contributed by atoms with Crippen LogP contribution < -0.4 is 24.6 Å². The highest BCUT2D eigenvalue weighted by Gasteiger charge is 2.32. The number of nitro groups is 1. The number of hydrogen-bond donors (Lipinski definition) is 2. The van der Waals surface area contributed by atoms with Crippen molar-refractivity contribution in [3.63, 3.8) is 0 Å². The number of carbonyl (C=O) groups is 1. The van der Waals surface area contributed by atoms with Gasteiger partial charge in [-0.05, 0) is 103 Å². The summed E-state index contributed by atoms with van der Waals surface area (Å²) in [7, 11) is -4.56. The van der Waals surface area contributed by atoms with Crippen LogP contribution in [0.5, 0.6) is 5.88 Å². The van der Waals surface area contributed by atoms with Crippen LogP contribution in [0.3, 0.4) is 0 Å². The SMILES string of the molecule is CC1(C)CCC(CN2CCN(c3ccc(C(=O)NS(=O)(=O)c4ccc(NCC5CCOCC5)c([N+](=O)[O-])c4)c(N4CCCOc5nccnc54)c3)CC2)=C(c2ccc(Cl)cc2)C1. The van der Waals surface area contributed by atoms with Crippen LogP contribution in [0.2, 0.25) is 5.02 Å². The second-order valence-corrected chi connectivity index (χ2v) is 19.4. The van der Waals surface area contributed by atoms with E-state index >= 15 is 0 Å². The number of rotatable bonds is 12. The van der Waals surface area contributed by atoms with E-state index in [9.17, 15) is 23.3 Å². The van der Waals surface area contributed by atoms with Crippen molar-refractivity contribution >= 4 is 61.7 Å². The second-order valence-electron chi connectivity index (χ2n) is 17.2. The zero-order chi connectivity index (χ0) is 43.4. The average Bonchev–Trinajstić information content (AvgIpc) is 3.49. The standard InChI is InChI=1S/C45H53ClN8O7S/c1-45(2)15-12-33(38(28-45)32-4-6-34(46)7-5-32)30-51-19-21-52(22-20-51)35-8-10-37(40(26-35)53-18-3-23-61-44-42(53)47-16-17-48-44)43(55)50-62(58,59)36-9-11-39(41(27-36)54(56)57)49-29-31-13-24-60-25-14-31/h4-11,16-17,26-27,31,49H,3,12-15,18-25,28-30H2,1-2H3,(H,50,55). The third kappa shape index (κ3) is 9.99. The number of piperazine rings is 1. The molecular formula is C45H53ClN8O7S. The summed E-state index contributed by atoms with van der Waals surface area (Å²) in [5, 5.41) is 16.0. The minimum absolute atomic E-state index is 0.0839. The van der Waals surface area contributed by atoms with E-state index in [0.717, 1.165) is 81.6 Å². The molecule has 17 heteroatoms. The molecule has 1 aliphatic carbocycles. The van der Waals surface area contributed by atoms with Gasteiger partial charge in [0.1, 0.15) is 5.69 Å². The fraction of sp³-hybridized carbons (Fsp3) is 0.444. The van der Waals surface area contributed by atoms with Gasteiger partial charge in [0.2, 0.25) is 0 Å². The van der Waals surface area contributed by atoms with Crippen LogP contribution in [0.4, 0.5) is 28.6 Å². The number of amides is 1. The summed E-state index contributed by atoms with van der Waals surface area (Å²) in [6, 6.07) is 17.2. The van der Waals surface area contributed by atoms with E-state index in [1.165, 1.54) is 35.0 Å². The summed E-state index contributed by atoms with van der Waals surface area (Å²) in [6.45, 7) is 11.3. The van der Waals surface area contributed by atoms with E-state index in [-0.39, 0.29) is 22.6 Å². The molecular weight excluding hydrogens is 832 g/mol. The number of fused-ring (bicyclic) bond motifs is 1. The Morgan fingerprint density at radius 2 is 1.73 bits per heavy atom. The monoisotopic (exact) mass is 884 g/mol. The average molecular weight is 885 g/mol. The molecule has 0 radical (unpaired) electrons. The number of benzene rings is 3. The van der Waals surface area contributed by atoms with Gasteiger partial charge in [-0.2, -0.15) is 0 Å². The van der Waals surface area contributed by atoms with Gasteiger partial charge in [0.25, 0.3) is 27.5 Å². The lowest BCUT2D eigenvalue weighted by Crippen LogP contribution is -2.47. The van der Waals surface area contributed by atoms with Crippen LogP contribution in [0.15, 0.2) is 83.5 Å². The quantitative estimate of drug-likeness (QED) is 0.105. The van der Waals surface area contributed by atoms with Crippen LogP contribution in [-0.2, 0) is 14.8 Å². The molecule has 0 saturated carbocycles. The first-order valence-electron chi connectivity index (χ1n) is 21.3. The number of hydrogen-bond acceptors (Lipinski definition) is 13. The number of aromatic nitrogens is 2. The molecule has 2 N–H and O–H groups in total. The van der Waals surface area contributed by atoms with Gasteiger partial charge in [-0.3, -0.25) is 19.8 Å².